The van der Waals surface area contributed by atoms with Crippen molar-refractivity contribution < 1.29 is 18.7 Å². The van der Waals surface area contributed by atoms with Gasteiger partial charge < -0.3 is 20.7 Å². The number of amidine groups is 1. The van der Waals surface area contributed by atoms with Gasteiger partial charge in [-0.25, -0.2) is 4.39 Å². The van der Waals surface area contributed by atoms with Crippen molar-refractivity contribution in [1.82, 2.24) is 0 Å². The zero-order valence-corrected chi connectivity index (χ0v) is 19.2. The number of rotatable bonds is 7. The highest BCUT2D eigenvalue weighted by Gasteiger charge is 2.25. The number of nitrogen functional groups attached to an aromatic ring is 1. The second-order valence-electron chi connectivity index (χ2n) is 8.36. The first kappa shape index (κ1) is 23.9. The third-order valence-electron chi connectivity index (χ3n) is 5.82. The van der Waals surface area contributed by atoms with Crippen molar-refractivity contribution in [1.29, 1.82) is 5.41 Å². The first-order chi connectivity index (χ1) is 16.9. The molecule has 1 heterocycles. The van der Waals surface area contributed by atoms with E-state index in [1.165, 1.54) is 17.0 Å². The van der Waals surface area contributed by atoms with Crippen molar-refractivity contribution in [3.05, 3.63) is 89.7 Å². The van der Waals surface area contributed by atoms with Gasteiger partial charge in [0.05, 0.1) is 5.69 Å². The minimum Gasteiger partial charge on any atom is -0.476 e. The van der Waals surface area contributed by atoms with Gasteiger partial charge in [0.1, 0.15) is 17.4 Å². The molecule has 0 saturated carbocycles. The average Bonchev–Trinajstić information content (AvgIpc) is 3.07. The summed E-state index contributed by atoms with van der Waals surface area (Å²) in [7, 11) is 0. The Morgan fingerprint density at radius 1 is 1.03 bits per heavy atom. The molecule has 3 aromatic rings. The van der Waals surface area contributed by atoms with E-state index in [0.717, 1.165) is 19.3 Å². The number of nitrogens with two attached hydrogens (primary N) is 1. The molecule has 180 valence electrons. The number of anilines is 2. The van der Waals surface area contributed by atoms with Crippen molar-refractivity contribution >= 4 is 29.0 Å². The predicted octanol–water partition coefficient (Wildman–Crippen LogP) is 4.78. The van der Waals surface area contributed by atoms with E-state index in [-0.39, 0.29) is 23.1 Å². The molecule has 35 heavy (non-hydrogen) atoms. The van der Waals surface area contributed by atoms with E-state index in [1.54, 1.807) is 54.6 Å². The van der Waals surface area contributed by atoms with Crippen LogP contribution in [0, 0.1) is 11.2 Å². The number of amides is 2. The van der Waals surface area contributed by atoms with Crippen LogP contribution in [0.1, 0.15) is 42.9 Å². The number of benzene rings is 3. The van der Waals surface area contributed by atoms with Crippen LogP contribution >= 0.6 is 0 Å². The van der Waals surface area contributed by atoms with Gasteiger partial charge >= 0.3 is 0 Å². The van der Waals surface area contributed by atoms with Crippen LogP contribution in [0.3, 0.4) is 0 Å². The topological polar surface area (TPSA) is 109 Å². The van der Waals surface area contributed by atoms with Crippen molar-refractivity contribution in [3.8, 4) is 5.75 Å². The molecule has 0 spiro atoms. The first-order valence-electron chi connectivity index (χ1n) is 11.5. The summed E-state index contributed by atoms with van der Waals surface area (Å²) < 4.78 is 21.0. The molecule has 4 N–H and O–H groups in total. The lowest BCUT2D eigenvalue weighted by Crippen LogP contribution is -2.31. The Hall–Kier alpha value is -4.20. The minimum absolute atomic E-state index is 0.0940. The van der Waals surface area contributed by atoms with Gasteiger partial charge in [0.15, 0.2) is 0 Å². The molecule has 1 atom stereocenters. The molecule has 1 unspecified atom stereocenters. The van der Waals surface area contributed by atoms with E-state index in [0.29, 0.717) is 29.8 Å². The molecule has 2 amide bonds. The fraction of sp³-hybridized carbons (Fsp3) is 0.222. The molecule has 7 nitrogen and oxygen atoms in total. The monoisotopic (exact) mass is 474 g/mol. The van der Waals surface area contributed by atoms with E-state index in [2.05, 4.69) is 5.32 Å². The molecule has 0 radical (unpaired) electrons. The molecule has 0 aliphatic carbocycles. The molecule has 1 aliphatic heterocycles. The third kappa shape index (κ3) is 5.84. The summed E-state index contributed by atoms with van der Waals surface area (Å²) in [6.45, 7) is 0.477. The maximum atomic E-state index is 15.0. The van der Waals surface area contributed by atoms with Gasteiger partial charge in [-0.3, -0.25) is 15.0 Å². The minimum atomic E-state index is -1.03. The number of halogens is 1. The van der Waals surface area contributed by atoms with Crippen LogP contribution in [-0.2, 0) is 9.59 Å². The van der Waals surface area contributed by atoms with Gasteiger partial charge in [0.25, 0.3) is 5.91 Å². The SMILES string of the molecule is N=C(N)c1cccc(OC(C(=O)Nc2ccc(N3CCCCCC3=O)c(F)c2)c2ccccc2)c1. The number of hydrogen-bond acceptors (Lipinski definition) is 4. The van der Waals surface area contributed by atoms with Crippen LogP contribution in [0.4, 0.5) is 15.8 Å². The lowest BCUT2D eigenvalue weighted by atomic mass is 10.1. The van der Waals surface area contributed by atoms with Gasteiger partial charge in [-0.05, 0) is 43.2 Å². The van der Waals surface area contributed by atoms with E-state index in [4.69, 9.17) is 15.9 Å². The number of nitrogens with zero attached hydrogens (tertiary/aromatic N) is 1. The molecule has 4 rings (SSSR count). The summed E-state index contributed by atoms with van der Waals surface area (Å²) >= 11 is 0. The summed E-state index contributed by atoms with van der Waals surface area (Å²) in [4.78, 5) is 27.1. The number of hydrogen-bond donors (Lipinski definition) is 3. The Morgan fingerprint density at radius 3 is 2.57 bits per heavy atom. The van der Waals surface area contributed by atoms with E-state index in [9.17, 15) is 14.0 Å². The van der Waals surface area contributed by atoms with Crippen molar-refractivity contribution in [3.63, 3.8) is 0 Å². The fourth-order valence-electron chi connectivity index (χ4n) is 4.02. The van der Waals surface area contributed by atoms with E-state index in [1.807, 2.05) is 6.07 Å². The zero-order valence-electron chi connectivity index (χ0n) is 19.2. The largest absolute Gasteiger partial charge is 0.476 e. The summed E-state index contributed by atoms with van der Waals surface area (Å²) in [6, 6.07) is 19.8. The van der Waals surface area contributed by atoms with Gasteiger partial charge in [-0.1, -0.05) is 48.9 Å². The zero-order chi connectivity index (χ0) is 24.8. The average molecular weight is 475 g/mol. The highest BCUT2D eigenvalue weighted by Crippen LogP contribution is 2.28. The Kier molecular flexibility index (Phi) is 7.40. The van der Waals surface area contributed by atoms with E-state index >= 15 is 0 Å². The van der Waals surface area contributed by atoms with Crippen LogP contribution in [0.5, 0.6) is 5.75 Å². The molecular formula is C27H27FN4O3. The van der Waals surface area contributed by atoms with Gasteiger partial charge in [-0.15, -0.1) is 0 Å². The Labute approximate surface area is 203 Å². The Balaban J connectivity index is 1.56. The molecular weight excluding hydrogens is 447 g/mol. The summed E-state index contributed by atoms with van der Waals surface area (Å²) in [5, 5.41) is 10.3. The smallest absolute Gasteiger partial charge is 0.270 e. The molecule has 0 aromatic heterocycles. The van der Waals surface area contributed by atoms with Crippen LogP contribution in [0.15, 0.2) is 72.8 Å². The highest BCUT2D eigenvalue weighted by molar-refractivity contribution is 5.97. The molecule has 1 aliphatic rings. The third-order valence-corrected chi connectivity index (χ3v) is 5.82. The normalized spacial score (nSPS) is 14.7. The van der Waals surface area contributed by atoms with Crippen LogP contribution in [0.2, 0.25) is 0 Å². The summed E-state index contributed by atoms with van der Waals surface area (Å²) in [5.74, 6) is -0.923. The molecule has 1 fully saturated rings. The summed E-state index contributed by atoms with van der Waals surface area (Å²) in [6.07, 6.45) is 1.94. The number of ether oxygens (including phenoxy) is 1. The molecule has 0 bridgehead atoms. The fourth-order valence-corrected chi connectivity index (χ4v) is 4.02. The summed E-state index contributed by atoms with van der Waals surface area (Å²) in [5.41, 5.74) is 7.11. The van der Waals surface area contributed by atoms with Crippen molar-refractivity contribution in [2.75, 3.05) is 16.8 Å². The quantitative estimate of drug-likeness (QED) is 0.338. The lowest BCUT2D eigenvalue weighted by Gasteiger charge is -2.22. The second kappa shape index (κ2) is 10.8. The number of nitrogens with one attached hydrogen (secondary N) is 2. The first-order valence-corrected chi connectivity index (χ1v) is 11.5. The molecule has 3 aromatic carbocycles. The maximum Gasteiger partial charge on any atom is 0.270 e. The molecule has 8 heteroatoms. The van der Waals surface area contributed by atoms with Gasteiger partial charge in [0.2, 0.25) is 12.0 Å². The molecule has 1 saturated heterocycles. The van der Waals surface area contributed by atoms with E-state index < -0.39 is 17.8 Å². The second-order valence-corrected chi connectivity index (χ2v) is 8.36. The highest BCUT2D eigenvalue weighted by atomic mass is 19.1. The van der Waals surface area contributed by atoms with Crippen LogP contribution in [0.25, 0.3) is 0 Å². The maximum absolute atomic E-state index is 15.0. The Morgan fingerprint density at radius 2 is 1.83 bits per heavy atom. The number of carbonyl (C=O) groups is 2. The van der Waals surface area contributed by atoms with Gasteiger partial charge in [-0.2, -0.15) is 0 Å². The number of carbonyl (C=O) groups excluding carboxylic acids is 2. The lowest BCUT2D eigenvalue weighted by molar-refractivity contribution is -0.123. The Bertz CT molecular complexity index is 1230. The van der Waals surface area contributed by atoms with Crippen LogP contribution < -0.4 is 20.7 Å². The van der Waals surface area contributed by atoms with Crippen molar-refractivity contribution in [2.24, 2.45) is 5.73 Å². The standard InChI is InChI=1S/C27H27FN4O3/c28-22-17-20(13-14-23(22)32-15-6-2-5-12-24(32)33)31-27(34)25(18-8-3-1-4-9-18)35-21-11-7-10-19(16-21)26(29)30/h1,3-4,7-11,13-14,16-17,25H,2,5-6,12,15H2,(H3,29,30)(H,31,34). The predicted molar refractivity (Wildman–Crippen MR) is 133 cm³/mol. The van der Waals surface area contributed by atoms with Gasteiger partial charge in [0, 0.05) is 29.8 Å². The van der Waals surface area contributed by atoms with Crippen molar-refractivity contribution in [2.45, 2.75) is 31.8 Å². The van der Waals surface area contributed by atoms with Crippen LogP contribution in [-0.4, -0.2) is 24.2 Å².